The first kappa shape index (κ1) is 14.8. The average Bonchev–Trinajstić information content (AvgIpc) is 2.30. The molecule has 19 heavy (non-hydrogen) atoms. The summed E-state index contributed by atoms with van der Waals surface area (Å²) in [5.41, 5.74) is -0.804. The summed E-state index contributed by atoms with van der Waals surface area (Å²) in [5.74, 6) is -5.62. The van der Waals surface area contributed by atoms with Gasteiger partial charge in [-0.25, -0.2) is 18.0 Å². The minimum absolute atomic E-state index is 0.217. The molecule has 104 valence electrons. The SMILES string of the molecule is CC(CNC(=O)Nc1c(F)cc(F)cc1F)C(=O)O. The molecule has 1 rings (SSSR count). The number of carbonyl (C=O) groups excluding carboxylic acids is 1. The monoisotopic (exact) mass is 276 g/mol. The van der Waals surface area contributed by atoms with Crippen molar-refractivity contribution < 1.29 is 27.9 Å². The molecule has 0 aliphatic heterocycles. The van der Waals surface area contributed by atoms with Crippen LogP contribution in [0.1, 0.15) is 6.92 Å². The third kappa shape index (κ3) is 4.16. The van der Waals surface area contributed by atoms with Crippen LogP contribution in [0.5, 0.6) is 0 Å². The van der Waals surface area contributed by atoms with Crippen LogP contribution in [-0.4, -0.2) is 23.7 Å². The molecule has 1 aromatic carbocycles. The summed E-state index contributed by atoms with van der Waals surface area (Å²) < 4.78 is 39.0. The van der Waals surface area contributed by atoms with E-state index in [2.05, 4.69) is 5.32 Å². The van der Waals surface area contributed by atoms with Crippen molar-refractivity contribution in [2.75, 3.05) is 11.9 Å². The van der Waals surface area contributed by atoms with Gasteiger partial charge in [-0.3, -0.25) is 4.79 Å². The summed E-state index contributed by atoms with van der Waals surface area (Å²) in [6, 6.07) is -0.158. The van der Waals surface area contributed by atoms with Crippen molar-refractivity contribution in [3.8, 4) is 0 Å². The molecular formula is C11H11F3N2O3. The number of aliphatic carboxylic acids is 1. The van der Waals surface area contributed by atoms with Crippen molar-refractivity contribution in [1.82, 2.24) is 5.32 Å². The number of nitrogens with one attached hydrogen (secondary N) is 2. The molecule has 8 heteroatoms. The van der Waals surface area contributed by atoms with E-state index in [1.165, 1.54) is 6.92 Å². The molecule has 0 aliphatic carbocycles. The van der Waals surface area contributed by atoms with Gasteiger partial charge in [-0.05, 0) is 0 Å². The van der Waals surface area contributed by atoms with E-state index in [-0.39, 0.29) is 6.54 Å². The molecule has 0 bridgehead atoms. The molecule has 1 atom stereocenters. The smallest absolute Gasteiger partial charge is 0.319 e. The van der Waals surface area contributed by atoms with Crippen LogP contribution in [0, 0.1) is 23.4 Å². The largest absolute Gasteiger partial charge is 0.481 e. The number of carboxylic acids is 1. The summed E-state index contributed by atoms with van der Waals surface area (Å²) in [5, 5.41) is 12.5. The minimum Gasteiger partial charge on any atom is -0.481 e. The number of carboxylic acid groups (broad SMARTS) is 1. The minimum atomic E-state index is -1.26. The van der Waals surface area contributed by atoms with Crippen LogP contribution >= 0.6 is 0 Å². The average molecular weight is 276 g/mol. The lowest BCUT2D eigenvalue weighted by Crippen LogP contribution is -2.35. The van der Waals surface area contributed by atoms with Crippen molar-refractivity contribution in [1.29, 1.82) is 0 Å². The number of hydrogen-bond acceptors (Lipinski definition) is 2. The third-order valence-electron chi connectivity index (χ3n) is 2.24. The molecule has 1 aromatic rings. The van der Waals surface area contributed by atoms with E-state index in [1.54, 1.807) is 0 Å². The zero-order chi connectivity index (χ0) is 14.6. The van der Waals surface area contributed by atoms with Gasteiger partial charge in [0, 0.05) is 18.7 Å². The second kappa shape index (κ2) is 6.07. The number of hydrogen-bond donors (Lipinski definition) is 3. The van der Waals surface area contributed by atoms with Gasteiger partial charge < -0.3 is 15.7 Å². The number of rotatable bonds is 4. The van der Waals surface area contributed by atoms with E-state index < -0.39 is 41.1 Å². The Morgan fingerprint density at radius 2 is 1.79 bits per heavy atom. The predicted molar refractivity (Wildman–Crippen MR) is 60.1 cm³/mol. The van der Waals surface area contributed by atoms with E-state index in [4.69, 9.17) is 5.11 Å². The highest BCUT2D eigenvalue weighted by Crippen LogP contribution is 2.19. The van der Waals surface area contributed by atoms with Crippen molar-refractivity contribution >= 4 is 17.7 Å². The fraction of sp³-hybridized carbons (Fsp3) is 0.273. The first-order valence-corrected chi connectivity index (χ1v) is 5.23. The maximum absolute atomic E-state index is 13.2. The lowest BCUT2D eigenvalue weighted by molar-refractivity contribution is -0.140. The highest BCUT2D eigenvalue weighted by molar-refractivity contribution is 5.89. The number of amides is 2. The number of urea groups is 1. The molecule has 0 radical (unpaired) electrons. The summed E-state index contributed by atoms with van der Waals surface area (Å²) in [6.07, 6.45) is 0. The van der Waals surface area contributed by atoms with Crippen LogP contribution in [0.3, 0.4) is 0 Å². The Hall–Kier alpha value is -2.25. The maximum Gasteiger partial charge on any atom is 0.319 e. The Labute approximate surface area is 106 Å². The van der Waals surface area contributed by atoms with Gasteiger partial charge in [0.05, 0.1) is 5.92 Å². The van der Waals surface area contributed by atoms with Crippen molar-refractivity contribution in [2.45, 2.75) is 6.92 Å². The molecule has 0 saturated carbocycles. The number of anilines is 1. The molecule has 5 nitrogen and oxygen atoms in total. The van der Waals surface area contributed by atoms with E-state index in [1.807, 2.05) is 5.32 Å². The molecule has 2 amide bonds. The van der Waals surface area contributed by atoms with Crippen molar-refractivity contribution in [3.05, 3.63) is 29.6 Å². The molecule has 1 unspecified atom stereocenters. The van der Waals surface area contributed by atoms with E-state index in [0.29, 0.717) is 12.1 Å². The highest BCUT2D eigenvalue weighted by Gasteiger charge is 2.16. The highest BCUT2D eigenvalue weighted by atomic mass is 19.1. The van der Waals surface area contributed by atoms with Crippen molar-refractivity contribution in [2.24, 2.45) is 5.92 Å². The number of halogens is 3. The van der Waals surface area contributed by atoms with Crippen LogP contribution in [0.25, 0.3) is 0 Å². The first-order valence-electron chi connectivity index (χ1n) is 5.23. The quantitative estimate of drug-likeness (QED) is 0.786. The van der Waals surface area contributed by atoms with Crippen LogP contribution in [-0.2, 0) is 4.79 Å². The Kier molecular flexibility index (Phi) is 4.74. The van der Waals surface area contributed by atoms with Crippen LogP contribution in [0.4, 0.5) is 23.7 Å². The maximum atomic E-state index is 13.2. The predicted octanol–water partition coefficient (Wildman–Crippen LogP) is 1.95. The zero-order valence-electron chi connectivity index (χ0n) is 9.84. The van der Waals surface area contributed by atoms with Gasteiger partial charge >= 0.3 is 12.0 Å². The van der Waals surface area contributed by atoms with Gasteiger partial charge in [0.15, 0.2) is 11.6 Å². The summed E-state index contributed by atoms with van der Waals surface area (Å²) in [7, 11) is 0. The van der Waals surface area contributed by atoms with Crippen LogP contribution in [0.15, 0.2) is 12.1 Å². The van der Waals surface area contributed by atoms with Gasteiger partial charge in [-0.15, -0.1) is 0 Å². The van der Waals surface area contributed by atoms with Gasteiger partial charge in [0.25, 0.3) is 0 Å². The second-order valence-corrected chi connectivity index (χ2v) is 3.82. The molecular weight excluding hydrogens is 265 g/mol. The van der Waals surface area contributed by atoms with Gasteiger partial charge in [0.2, 0.25) is 0 Å². The van der Waals surface area contributed by atoms with Gasteiger partial charge in [-0.2, -0.15) is 0 Å². The van der Waals surface area contributed by atoms with E-state index in [9.17, 15) is 22.8 Å². The van der Waals surface area contributed by atoms with E-state index >= 15 is 0 Å². The topological polar surface area (TPSA) is 78.4 Å². The fourth-order valence-electron chi connectivity index (χ4n) is 1.15. The fourth-order valence-corrected chi connectivity index (χ4v) is 1.15. The molecule has 0 aliphatic rings. The molecule has 0 saturated heterocycles. The second-order valence-electron chi connectivity index (χ2n) is 3.82. The Balaban J connectivity index is 2.65. The zero-order valence-corrected chi connectivity index (χ0v) is 9.84. The lowest BCUT2D eigenvalue weighted by atomic mass is 10.2. The molecule has 0 aromatic heterocycles. The summed E-state index contributed by atoms with van der Waals surface area (Å²) >= 11 is 0. The third-order valence-corrected chi connectivity index (χ3v) is 2.24. The van der Waals surface area contributed by atoms with Gasteiger partial charge in [0.1, 0.15) is 11.5 Å². The molecule has 0 heterocycles. The lowest BCUT2D eigenvalue weighted by Gasteiger charge is -2.11. The summed E-state index contributed by atoms with van der Waals surface area (Å²) in [4.78, 5) is 21.8. The Bertz CT molecular complexity index is 485. The van der Waals surface area contributed by atoms with Crippen molar-refractivity contribution in [3.63, 3.8) is 0 Å². The molecule has 0 spiro atoms. The summed E-state index contributed by atoms with van der Waals surface area (Å²) in [6.45, 7) is 1.13. The van der Waals surface area contributed by atoms with E-state index in [0.717, 1.165) is 0 Å². The molecule has 3 N–H and O–H groups in total. The first-order chi connectivity index (χ1) is 8.81. The number of benzene rings is 1. The van der Waals surface area contributed by atoms with Crippen LogP contribution in [0.2, 0.25) is 0 Å². The van der Waals surface area contributed by atoms with Gasteiger partial charge in [-0.1, -0.05) is 6.92 Å². The molecule has 0 fully saturated rings. The van der Waals surface area contributed by atoms with Crippen LogP contribution < -0.4 is 10.6 Å². The number of carbonyl (C=O) groups is 2. The normalized spacial score (nSPS) is 11.8. The standard InChI is InChI=1S/C11H11F3N2O3/c1-5(10(17)18)4-15-11(19)16-9-7(13)2-6(12)3-8(9)14/h2-3,5H,4H2,1H3,(H,17,18)(H2,15,16,19). The Morgan fingerprint density at radius 3 is 2.26 bits per heavy atom. The Morgan fingerprint density at radius 1 is 1.26 bits per heavy atom.